The zero-order valence-electron chi connectivity index (χ0n) is 25.8. The van der Waals surface area contributed by atoms with Gasteiger partial charge in [0.15, 0.2) is 0 Å². The van der Waals surface area contributed by atoms with Gasteiger partial charge < -0.3 is 20.9 Å². The summed E-state index contributed by atoms with van der Waals surface area (Å²) in [5.41, 5.74) is 12.9. The van der Waals surface area contributed by atoms with Gasteiger partial charge >= 0.3 is 6.03 Å². The average molecular weight is 657 g/mol. The molecule has 2 aliphatic rings. The molecule has 0 spiro atoms. The lowest BCUT2D eigenvalue weighted by molar-refractivity contribution is 0.201. The molecular weight excluding hydrogens is 619 g/mol. The Morgan fingerprint density at radius 1 is 1.00 bits per heavy atom. The second-order valence-electron chi connectivity index (χ2n) is 11.7. The van der Waals surface area contributed by atoms with Gasteiger partial charge in [0, 0.05) is 90.7 Å². The molecule has 6 rings (SSSR count). The molecule has 2 amide bonds. The molecule has 0 atom stereocenters. The van der Waals surface area contributed by atoms with Crippen LogP contribution in [-0.4, -0.2) is 63.3 Å². The van der Waals surface area contributed by atoms with Crippen LogP contribution in [-0.2, 0) is 32.6 Å². The van der Waals surface area contributed by atoms with Crippen LogP contribution in [0.15, 0.2) is 66.7 Å². The van der Waals surface area contributed by atoms with Gasteiger partial charge in [-0.1, -0.05) is 59.8 Å². The Morgan fingerprint density at radius 2 is 1.85 bits per heavy atom. The first kappa shape index (κ1) is 32.1. The van der Waals surface area contributed by atoms with Crippen molar-refractivity contribution in [3.05, 3.63) is 111 Å². The van der Waals surface area contributed by atoms with Crippen LogP contribution in [0.4, 0.5) is 9.18 Å². The molecule has 2 aliphatic heterocycles. The van der Waals surface area contributed by atoms with Crippen LogP contribution in [0.1, 0.15) is 39.9 Å². The number of primary amides is 1. The largest absolute Gasteiger partial charge is 0.351 e. The fourth-order valence-electron chi connectivity index (χ4n) is 6.01. The van der Waals surface area contributed by atoms with Gasteiger partial charge in [0.25, 0.3) is 0 Å². The van der Waals surface area contributed by atoms with Crippen molar-refractivity contribution in [1.29, 1.82) is 0 Å². The molecule has 3 aromatic carbocycles. The molecule has 0 saturated carbocycles. The second-order valence-corrected chi connectivity index (χ2v) is 13.3. The molecule has 10 heteroatoms. The van der Waals surface area contributed by atoms with E-state index >= 15 is 0 Å². The highest BCUT2D eigenvalue weighted by atomic mass is 35.5. The second kappa shape index (κ2) is 15.2. The maximum Gasteiger partial charge on any atom is 0.315 e. The van der Waals surface area contributed by atoms with Crippen LogP contribution in [0, 0.1) is 17.7 Å². The summed E-state index contributed by atoms with van der Waals surface area (Å²) in [6, 6.07) is 20.2. The van der Waals surface area contributed by atoms with Crippen LogP contribution < -0.4 is 11.1 Å². The van der Waals surface area contributed by atoms with E-state index in [4.69, 9.17) is 22.4 Å². The van der Waals surface area contributed by atoms with E-state index in [9.17, 15) is 9.18 Å². The molecule has 0 bridgehead atoms. The minimum atomic E-state index is -0.417. The van der Waals surface area contributed by atoms with E-state index in [1.54, 1.807) is 17.0 Å². The van der Waals surface area contributed by atoms with E-state index in [1.807, 2.05) is 60.3 Å². The Kier molecular flexibility index (Phi) is 10.6. The number of amides is 2. The molecule has 238 valence electrons. The number of aryl methyl sites for hydroxylation is 1. The number of hydrogen-bond donors (Lipinski definition) is 2. The summed E-state index contributed by atoms with van der Waals surface area (Å²) in [5.74, 6) is 8.72. The van der Waals surface area contributed by atoms with Gasteiger partial charge in [0.05, 0.1) is 17.3 Å². The van der Waals surface area contributed by atoms with Crippen molar-refractivity contribution in [3.63, 3.8) is 0 Å². The lowest BCUT2D eigenvalue weighted by atomic mass is 9.99. The van der Waals surface area contributed by atoms with Crippen LogP contribution in [0.2, 0.25) is 5.02 Å². The fourth-order valence-corrected chi connectivity index (χ4v) is 7.16. The maximum absolute atomic E-state index is 14.0. The summed E-state index contributed by atoms with van der Waals surface area (Å²) >= 11 is 8.66. The van der Waals surface area contributed by atoms with Crippen molar-refractivity contribution in [2.45, 2.75) is 39.0 Å². The highest BCUT2D eigenvalue weighted by molar-refractivity contribution is 7.99. The average Bonchev–Trinajstić information content (AvgIpc) is 3.43. The number of nitrogens with one attached hydrogen (secondary N) is 1. The lowest BCUT2D eigenvalue weighted by Gasteiger charge is -2.27. The number of aromatic nitrogens is 2. The monoisotopic (exact) mass is 656 g/mol. The summed E-state index contributed by atoms with van der Waals surface area (Å²) in [4.78, 5) is 16.3. The third kappa shape index (κ3) is 7.94. The molecular formula is C36H38ClFN6OS. The zero-order valence-corrected chi connectivity index (χ0v) is 27.3. The molecule has 46 heavy (non-hydrogen) atoms. The number of hydrogen-bond acceptors (Lipinski definition) is 5. The van der Waals surface area contributed by atoms with Gasteiger partial charge in [-0.2, -0.15) is 16.9 Å². The van der Waals surface area contributed by atoms with Crippen LogP contribution >= 0.6 is 23.4 Å². The van der Waals surface area contributed by atoms with E-state index in [0.29, 0.717) is 42.3 Å². The van der Waals surface area contributed by atoms with E-state index in [-0.39, 0.29) is 5.82 Å². The van der Waals surface area contributed by atoms with Gasteiger partial charge in [-0.3, -0.25) is 4.68 Å². The number of thioether (sulfide) groups is 1. The molecule has 4 aromatic rings. The normalized spacial score (nSPS) is 14.9. The molecule has 3 heterocycles. The third-order valence-electron chi connectivity index (χ3n) is 8.50. The smallest absolute Gasteiger partial charge is 0.315 e. The van der Waals surface area contributed by atoms with Gasteiger partial charge in [-0.15, -0.1) is 0 Å². The molecule has 1 aromatic heterocycles. The number of carbonyl (C=O) groups is 1. The van der Waals surface area contributed by atoms with Crippen LogP contribution in [0.3, 0.4) is 0 Å². The first-order chi connectivity index (χ1) is 22.4. The SMILES string of the molecule is NC(=O)N1CCc2c(c(-c3ccc(Cl)c(C#Cc4cccc(CNCc5ccccc5F)c4)c3)nn2CCCN2CCSCC2)C1. The molecule has 0 radical (unpaired) electrons. The van der Waals surface area contributed by atoms with Crippen molar-refractivity contribution in [1.82, 2.24) is 24.9 Å². The molecule has 0 unspecified atom stereocenters. The molecule has 7 nitrogen and oxygen atoms in total. The molecule has 1 saturated heterocycles. The number of nitrogens with zero attached hydrogens (tertiary/aromatic N) is 4. The van der Waals surface area contributed by atoms with Crippen molar-refractivity contribution < 1.29 is 9.18 Å². The molecule has 0 aliphatic carbocycles. The first-order valence-corrected chi connectivity index (χ1v) is 17.3. The van der Waals surface area contributed by atoms with E-state index < -0.39 is 6.03 Å². The first-order valence-electron chi connectivity index (χ1n) is 15.7. The molecule has 3 N–H and O–H groups in total. The summed E-state index contributed by atoms with van der Waals surface area (Å²) in [5, 5.41) is 8.96. The highest BCUT2D eigenvalue weighted by Gasteiger charge is 2.27. The Morgan fingerprint density at radius 3 is 2.67 bits per heavy atom. The van der Waals surface area contributed by atoms with Gasteiger partial charge in [-0.05, 0) is 48.9 Å². The molecule has 1 fully saturated rings. The van der Waals surface area contributed by atoms with Crippen molar-refractivity contribution in [3.8, 4) is 23.1 Å². The number of rotatable bonds is 9. The highest BCUT2D eigenvalue weighted by Crippen LogP contribution is 2.32. The topological polar surface area (TPSA) is 79.4 Å². The summed E-state index contributed by atoms with van der Waals surface area (Å²) in [7, 11) is 0. The van der Waals surface area contributed by atoms with E-state index in [1.165, 1.54) is 23.3 Å². The minimum Gasteiger partial charge on any atom is -0.351 e. The quantitative estimate of drug-likeness (QED) is 0.219. The zero-order chi connectivity index (χ0) is 31.9. The van der Waals surface area contributed by atoms with Crippen LogP contribution in [0.5, 0.6) is 0 Å². The Hall–Kier alpha value is -3.81. The van der Waals surface area contributed by atoms with Crippen LogP contribution in [0.25, 0.3) is 11.3 Å². The number of urea groups is 1. The number of halogens is 2. The predicted molar refractivity (Wildman–Crippen MR) is 184 cm³/mol. The lowest BCUT2D eigenvalue weighted by Crippen LogP contribution is -2.39. The number of carbonyl (C=O) groups excluding carboxylic acids is 1. The van der Waals surface area contributed by atoms with Gasteiger partial charge in [0.2, 0.25) is 0 Å². The van der Waals surface area contributed by atoms with Gasteiger partial charge in [0.1, 0.15) is 5.82 Å². The fraction of sp³-hybridized carbons (Fsp3) is 0.333. The van der Waals surface area contributed by atoms with Crippen molar-refractivity contribution >= 4 is 29.4 Å². The standard InChI is InChI=1S/C36H38ClFN6OS/c37-32-12-11-29(22-28(32)10-9-26-5-3-6-27(21-26)23-40-24-30-7-1-2-8-33(30)38)35-31-25-43(36(39)45)16-13-34(31)44(41-35)15-4-14-42-17-19-46-20-18-42/h1-3,5-8,11-12,21-22,40H,4,13-20,23-25H2,(H2,39,45). The Bertz CT molecular complexity index is 1760. The maximum atomic E-state index is 14.0. The summed E-state index contributed by atoms with van der Waals surface area (Å²) in [6.07, 6.45) is 1.74. The summed E-state index contributed by atoms with van der Waals surface area (Å²) in [6.45, 7) is 6.23. The Balaban J connectivity index is 1.20. The van der Waals surface area contributed by atoms with E-state index in [0.717, 1.165) is 67.0 Å². The van der Waals surface area contributed by atoms with Crippen molar-refractivity contribution in [2.24, 2.45) is 5.73 Å². The number of nitrogens with two attached hydrogens (primary N) is 1. The van der Waals surface area contributed by atoms with E-state index in [2.05, 4.69) is 26.7 Å². The Labute approximate surface area is 279 Å². The number of benzene rings is 3. The third-order valence-corrected chi connectivity index (χ3v) is 9.78. The van der Waals surface area contributed by atoms with Crippen molar-refractivity contribution in [2.75, 3.05) is 37.7 Å². The predicted octanol–water partition coefficient (Wildman–Crippen LogP) is 5.91. The summed E-state index contributed by atoms with van der Waals surface area (Å²) < 4.78 is 16.1. The number of fused-ring (bicyclic) bond motifs is 1. The van der Waals surface area contributed by atoms with Gasteiger partial charge in [-0.25, -0.2) is 9.18 Å². The minimum absolute atomic E-state index is 0.210.